The summed E-state index contributed by atoms with van der Waals surface area (Å²) in [5, 5.41) is 66.7. The number of aliphatic hydroxyl groups is 6. The molecule has 3 saturated carbocycles. The van der Waals surface area contributed by atoms with E-state index in [-0.39, 0.29) is 35.2 Å². The van der Waals surface area contributed by atoms with Crippen molar-refractivity contribution in [2.45, 2.75) is 148 Å². The zero-order chi connectivity index (χ0) is 30.9. The van der Waals surface area contributed by atoms with Gasteiger partial charge in [0.05, 0.1) is 24.4 Å². The molecule has 7 unspecified atom stereocenters. The Morgan fingerprint density at radius 1 is 1.07 bits per heavy atom. The van der Waals surface area contributed by atoms with Gasteiger partial charge < -0.3 is 40.1 Å². The molecule has 0 aromatic rings. The van der Waals surface area contributed by atoms with Gasteiger partial charge in [-0.15, -0.1) is 0 Å². The molecule has 8 heteroatoms. The molecule has 0 radical (unpaired) electrons. The van der Waals surface area contributed by atoms with Crippen molar-refractivity contribution < 1.29 is 40.1 Å². The molecule has 6 N–H and O–H groups in total. The second-order valence-electron chi connectivity index (χ2n) is 15.4. The fourth-order valence-electron chi connectivity index (χ4n) is 10.1. The molecule has 1 aliphatic heterocycles. The molecule has 5 rings (SSSR count). The van der Waals surface area contributed by atoms with E-state index < -0.39 is 53.9 Å². The molecule has 240 valence electrons. The van der Waals surface area contributed by atoms with E-state index >= 15 is 0 Å². The van der Waals surface area contributed by atoms with Crippen LogP contribution in [0.4, 0.5) is 0 Å². The monoisotopic (exact) mass is 592 g/mol. The van der Waals surface area contributed by atoms with E-state index in [1.807, 2.05) is 0 Å². The Bertz CT molecular complexity index is 1040. The van der Waals surface area contributed by atoms with Crippen LogP contribution in [0, 0.1) is 40.4 Å². The van der Waals surface area contributed by atoms with Crippen LogP contribution in [-0.2, 0) is 9.47 Å². The van der Waals surface area contributed by atoms with E-state index in [1.54, 1.807) is 6.92 Å². The molecule has 4 fully saturated rings. The highest BCUT2D eigenvalue weighted by molar-refractivity contribution is 5.33. The predicted octanol–water partition coefficient (Wildman–Crippen LogP) is 3.46. The molecule has 0 spiro atoms. The zero-order valence-corrected chi connectivity index (χ0v) is 26.4. The van der Waals surface area contributed by atoms with Gasteiger partial charge >= 0.3 is 0 Å². The summed E-state index contributed by atoms with van der Waals surface area (Å²) in [6, 6.07) is 0. The van der Waals surface area contributed by atoms with Gasteiger partial charge in [0.25, 0.3) is 0 Å². The van der Waals surface area contributed by atoms with Crippen LogP contribution in [0.2, 0.25) is 0 Å². The standard InChI is InChI=1S/C34H56O8/c1-17(2)18(3)8-9-19(4)27-25(35)15-24-23-11-10-21-14-22(42-31-30(39)29(38)28(37)20(5)41-31)12-13-33(21,7)34(23,40)26(36)16-32(24,27)6/h10,17,19-20,22-31,35-40H,3,8-9,11-16H2,1-2,4-7H3/t19-,20?,22+,23?,24?,25+,26-,27+,28?,29?,30?,31?,32+,33+,34+/m1/s1. The maximum Gasteiger partial charge on any atom is 0.186 e. The minimum absolute atomic E-state index is 0.0576. The normalized spacial score (nSPS) is 51.4. The molecular weight excluding hydrogens is 536 g/mol. The Kier molecular flexibility index (Phi) is 8.92. The molecule has 5 aliphatic rings. The van der Waals surface area contributed by atoms with Crippen molar-refractivity contribution in [2.75, 3.05) is 0 Å². The average Bonchev–Trinajstić information content (AvgIpc) is 3.19. The summed E-state index contributed by atoms with van der Waals surface area (Å²) in [6.07, 6.45) is 0.307. The number of hydrogen-bond donors (Lipinski definition) is 6. The maximum atomic E-state index is 12.6. The first-order valence-corrected chi connectivity index (χ1v) is 16.4. The van der Waals surface area contributed by atoms with Crippen molar-refractivity contribution >= 4 is 0 Å². The van der Waals surface area contributed by atoms with E-state index in [9.17, 15) is 30.6 Å². The summed E-state index contributed by atoms with van der Waals surface area (Å²) < 4.78 is 11.8. The van der Waals surface area contributed by atoms with E-state index in [0.29, 0.717) is 44.4 Å². The first-order chi connectivity index (χ1) is 19.6. The molecule has 8 nitrogen and oxygen atoms in total. The van der Waals surface area contributed by atoms with E-state index in [0.717, 1.165) is 18.4 Å². The van der Waals surface area contributed by atoms with Gasteiger partial charge in [-0.25, -0.2) is 0 Å². The summed E-state index contributed by atoms with van der Waals surface area (Å²) in [5.41, 5.74) is 0.0578. The summed E-state index contributed by atoms with van der Waals surface area (Å²) in [6.45, 7) is 16.8. The van der Waals surface area contributed by atoms with Crippen molar-refractivity contribution in [3.8, 4) is 0 Å². The van der Waals surface area contributed by atoms with Gasteiger partial charge in [0.1, 0.15) is 23.9 Å². The molecule has 0 aromatic carbocycles. The van der Waals surface area contributed by atoms with Crippen LogP contribution in [0.3, 0.4) is 0 Å². The molecule has 1 saturated heterocycles. The Morgan fingerprint density at radius 3 is 2.43 bits per heavy atom. The highest BCUT2D eigenvalue weighted by Gasteiger charge is 2.70. The van der Waals surface area contributed by atoms with Gasteiger partial charge in [0, 0.05) is 5.41 Å². The van der Waals surface area contributed by atoms with Gasteiger partial charge in [-0.2, -0.15) is 0 Å². The summed E-state index contributed by atoms with van der Waals surface area (Å²) in [4.78, 5) is 0. The highest BCUT2D eigenvalue weighted by atomic mass is 16.7. The first-order valence-electron chi connectivity index (χ1n) is 16.4. The fourth-order valence-corrected chi connectivity index (χ4v) is 10.1. The lowest BCUT2D eigenvalue weighted by Crippen LogP contribution is -2.69. The van der Waals surface area contributed by atoms with Crippen molar-refractivity contribution in [3.05, 3.63) is 23.8 Å². The van der Waals surface area contributed by atoms with Crippen molar-refractivity contribution in [3.63, 3.8) is 0 Å². The molecule has 15 atom stereocenters. The minimum atomic E-state index is -1.36. The Morgan fingerprint density at radius 2 is 1.76 bits per heavy atom. The molecule has 42 heavy (non-hydrogen) atoms. The Hall–Kier alpha value is -0.840. The fraction of sp³-hybridized carbons (Fsp3) is 0.882. The molecular formula is C34H56O8. The van der Waals surface area contributed by atoms with Crippen LogP contribution < -0.4 is 0 Å². The second-order valence-corrected chi connectivity index (χ2v) is 15.4. The summed E-state index contributed by atoms with van der Waals surface area (Å²) in [5.74, 6) is 0.721. The lowest BCUT2D eigenvalue weighted by molar-refractivity contribution is -0.308. The van der Waals surface area contributed by atoms with Crippen LogP contribution in [0.1, 0.15) is 92.9 Å². The van der Waals surface area contributed by atoms with Crippen molar-refractivity contribution in [1.82, 2.24) is 0 Å². The molecule has 4 aliphatic carbocycles. The van der Waals surface area contributed by atoms with Gasteiger partial charge in [-0.1, -0.05) is 58.4 Å². The quantitative estimate of drug-likeness (QED) is 0.247. The molecule has 1 heterocycles. The molecule has 0 bridgehead atoms. The van der Waals surface area contributed by atoms with Gasteiger partial charge in [0.2, 0.25) is 0 Å². The number of hydrogen-bond acceptors (Lipinski definition) is 8. The topological polar surface area (TPSA) is 140 Å². The van der Waals surface area contributed by atoms with Crippen LogP contribution in [-0.4, -0.2) is 85.3 Å². The zero-order valence-electron chi connectivity index (χ0n) is 26.4. The Labute approximate surface area is 251 Å². The second kappa shape index (κ2) is 11.5. The number of fused-ring (bicyclic) bond motifs is 5. The summed E-state index contributed by atoms with van der Waals surface area (Å²) in [7, 11) is 0. The SMILES string of the molecule is C=C(CC[C@@H](C)[C@H]1[C@@H](O)CC2C3CC=C4C[C@@H](OC5OC(C)C(O)C(O)C5O)CC[C@]4(C)[C@@]3(O)[C@H](O)C[C@@]21C)C(C)C. The third kappa shape index (κ3) is 4.97. The first kappa shape index (κ1) is 32.6. The maximum absolute atomic E-state index is 12.6. The lowest BCUT2D eigenvalue weighted by Gasteiger charge is -2.64. The highest BCUT2D eigenvalue weighted by Crippen LogP contribution is 2.69. The van der Waals surface area contributed by atoms with E-state index in [1.165, 1.54) is 5.57 Å². The van der Waals surface area contributed by atoms with Crippen LogP contribution in [0.15, 0.2) is 23.8 Å². The smallest absolute Gasteiger partial charge is 0.186 e. The minimum Gasteiger partial charge on any atom is -0.393 e. The van der Waals surface area contributed by atoms with E-state index in [2.05, 4.69) is 47.3 Å². The van der Waals surface area contributed by atoms with Gasteiger partial charge in [-0.05, 0) is 93.3 Å². The average molecular weight is 593 g/mol. The third-order valence-corrected chi connectivity index (χ3v) is 12.8. The lowest BCUT2D eigenvalue weighted by atomic mass is 9.43. The molecule has 0 aromatic heterocycles. The third-order valence-electron chi connectivity index (χ3n) is 12.8. The van der Waals surface area contributed by atoms with Crippen molar-refractivity contribution in [1.29, 1.82) is 0 Å². The van der Waals surface area contributed by atoms with Crippen molar-refractivity contribution in [2.24, 2.45) is 40.4 Å². The van der Waals surface area contributed by atoms with Crippen LogP contribution >= 0.6 is 0 Å². The number of aliphatic hydroxyl groups excluding tert-OH is 5. The van der Waals surface area contributed by atoms with Gasteiger partial charge in [0.15, 0.2) is 6.29 Å². The number of ether oxygens (including phenoxy) is 2. The predicted molar refractivity (Wildman–Crippen MR) is 159 cm³/mol. The molecule has 0 amide bonds. The number of rotatable bonds is 7. The Balaban J connectivity index is 1.34. The van der Waals surface area contributed by atoms with Gasteiger partial charge in [-0.3, -0.25) is 0 Å². The largest absolute Gasteiger partial charge is 0.393 e. The number of allylic oxidation sites excluding steroid dienone is 2. The van der Waals surface area contributed by atoms with E-state index in [4.69, 9.17) is 9.47 Å². The van der Waals surface area contributed by atoms with Crippen LogP contribution in [0.25, 0.3) is 0 Å². The van der Waals surface area contributed by atoms with Crippen LogP contribution in [0.5, 0.6) is 0 Å². The summed E-state index contributed by atoms with van der Waals surface area (Å²) >= 11 is 0.